The number of benzene rings is 1. The number of aromatic nitrogens is 2. The molecule has 1 aromatic carbocycles. The van der Waals surface area contributed by atoms with Crippen molar-refractivity contribution in [1.82, 2.24) is 9.97 Å². The van der Waals surface area contributed by atoms with Crippen LogP contribution in [0.3, 0.4) is 0 Å². The molecule has 0 aliphatic carbocycles. The molecule has 0 unspecified atom stereocenters. The molecule has 2 rings (SSSR count). The van der Waals surface area contributed by atoms with E-state index in [9.17, 15) is 5.11 Å². The molecule has 0 radical (unpaired) electrons. The molecule has 2 aromatic rings. The Morgan fingerprint density at radius 2 is 2.14 bits per heavy atom. The van der Waals surface area contributed by atoms with Gasteiger partial charge in [-0.2, -0.15) is 18.5 Å². The summed E-state index contributed by atoms with van der Waals surface area (Å²) in [4.78, 5) is 8.48. The van der Waals surface area contributed by atoms with Gasteiger partial charge in [-0.05, 0) is 18.6 Å². The van der Waals surface area contributed by atoms with Crippen molar-refractivity contribution >= 4 is 36.2 Å². The molecule has 1 aromatic heterocycles. The number of aliphatic hydroxyl groups is 1. The van der Waals surface area contributed by atoms with E-state index in [1.807, 2.05) is 18.2 Å². The number of nitrogens with one attached hydrogen (secondary N) is 1. The quantitative estimate of drug-likeness (QED) is 0.723. The number of aliphatic hydroxyl groups excluding tert-OH is 1. The summed E-state index contributed by atoms with van der Waals surface area (Å²) in [6.07, 6.45) is 3.02. The van der Waals surface area contributed by atoms with E-state index in [0.29, 0.717) is 5.82 Å². The fraction of sp³-hybridized carbons (Fsp3) is 0.467. The standard InChI is InChI=1S/C15H22N4O2.H2S/c1-3-4-5-10(9-20)17-14-12-7-6-11(21-2)8-13(12)18-15(16)19-14;/h6-8,10,20H,3-5,9H2,1-2H3,(H3,16,17,18,19);1H2/t10-;/m0./s1. The van der Waals surface area contributed by atoms with Crippen molar-refractivity contribution in [3.05, 3.63) is 18.2 Å². The van der Waals surface area contributed by atoms with Gasteiger partial charge in [0.15, 0.2) is 0 Å². The summed E-state index contributed by atoms with van der Waals surface area (Å²) in [5, 5.41) is 13.6. The predicted molar refractivity (Wildman–Crippen MR) is 94.9 cm³/mol. The molecule has 22 heavy (non-hydrogen) atoms. The van der Waals surface area contributed by atoms with Crippen LogP contribution in [0.4, 0.5) is 11.8 Å². The monoisotopic (exact) mass is 324 g/mol. The van der Waals surface area contributed by atoms with Crippen LogP contribution < -0.4 is 15.8 Å². The number of fused-ring (bicyclic) bond motifs is 1. The average molecular weight is 324 g/mol. The van der Waals surface area contributed by atoms with Crippen molar-refractivity contribution < 1.29 is 9.84 Å². The SMILES string of the molecule is CCCC[C@@H](CO)Nc1nc(N)nc2cc(OC)ccc12.S. The molecule has 0 saturated heterocycles. The van der Waals surface area contributed by atoms with Gasteiger partial charge in [0.1, 0.15) is 11.6 Å². The normalized spacial score (nSPS) is 11.8. The number of nitrogen functional groups attached to an aromatic ring is 1. The lowest BCUT2D eigenvalue weighted by molar-refractivity contribution is 0.267. The molecule has 7 heteroatoms. The van der Waals surface area contributed by atoms with Crippen LogP contribution in [0.15, 0.2) is 18.2 Å². The van der Waals surface area contributed by atoms with Gasteiger partial charge in [-0.3, -0.25) is 0 Å². The Bertz CT molecular complexity index is 609. The maximum absolute atomic E-state index is 9.48. The summed E-state index contributed by atoms with van der Waals surface area (Å²) in [6, 6.07) is 5.53. The van der Waals surface area contributed by atoms with E-state index in [1.165, 1.54) is 0 Å². The molecular weight excluding hydrogens is 300 g/mol. The Kier molecular flexibility index (Phi) is 7.20. The first-order valence-corrected chi connectivity index (χ1v) is 7.16. The minimum absolute atomic E-state index is 0. The molecular formula is C15H24N4O2S. The number of rotatable bonds is 7. The molecule has 0 spiro atoms. The summed E-state index contributed by atoms with van der Waals surface area (Å²) >= 11 is 0. The first-order chi connectivity index (χ1) is 10.2. The molecule has 1 atom stereocenters. The van der Waals surface area contributed by atoms with Gasteiger partial charge < -0.3 is 20.9 Å². The molecule has 1 heterocycles. The molecule has 0 saturated carbocycles. The second-order valence-electron chi connectivity index (χ2n) is 4.98. The zero-order valence-corrected chi connectivity index (χ0v) is 14.0. The second-order valence-corrected chi connectivity index (χ2v) is 4.98. The summed E-state index contributed by atoms with van der Waals surface area (Å²) in [5.41, 5.74) is 6.49. The van der Waals surface area contributed by atoms with E-state index in [0.717, 1.165) is 35.9 Å². The molecule has 4 N–H and O–H groups in total. The molecule has 0 bridgehead atoms. The summed E-state index contributed by atoms with van der Waals surface area (Å²) in [7, 11) is 1.61. The highest BCUT2D eigenvalue weighted by Crippen LogP contribution is 2.26. The van der Waals surface area contributed by atoms with Crippen LogP contribution in [0, 0.1) is 0 Å². The summed E-state index contributed by atoms with van der Waals surface area (Å²) in [5.74, 6) is 1.57. The highest BCUT2D eigenvalue weighted by molar-refractivity contribution is 7.59. The van der Waals surface area contributed by atoms with Gasteiger partial charge in [0.25, 0.3) is 0 Å². The summed E-state index contributed by atoms with van der Waals surface area (Å²) in [6.45, 7) is 2.18. The Balaban J connectivity index is 0.00000242. The number of unbranched alkanes of at least 4 members (excludes halogenated alkanes) is 1. The van der Waals surface area contributed by atoms with Crippen molar-refractivity contribution in [2.45, 2.75) is 32.2 Å². The third-order valence-corrected chi connectivity index (χ3v) is 3.39. The van der Waals surface area contributed by atoms with Crippen molar-refractivity contribution in [2.75, 3.05) is 24.8 Å². The third kappa shape index (κ3) is 4.38. The number of nitrogens with zero attached hydrogens (tertiary/aromatic N) is 2. The lowest BCUT2D eigenvalue weighted by atomic mass is 10.1. The molecule has 0 fully saturated rings. The van der Waals surface area contributed by atoms with Crippen LogP contribution >= 0.6 is 13.5 Å². The van der Waals surface area contributed by atoms with Crippen LogP contribution in [0.5, 0.6) is 5.75 Å². The van der Waals surface area contributed by atoms with Gasteiger partial charge in [0, 0.05) is 11.5 Å². The smallest absolute Gasteiger partial charge is 0.222 e. The lowest BCUT2D eigenvalue weighted by Gasteiger charge is -2.18. The van der Waals surface area contributed by atoms with E-state index >= 15 is 0 Å². The van der Waals surface area contributed by atoms with E-state index in [2.05, 4.69) is 22.2 Å². The van der Waals surface area contributed by atoms with Crippen LogP contribution in [0.1, 0.15) is 26.2 Å². The highest BCUT2D eigenvalue weighted by Gasteiger charge is 2.12. The third-order valence-electron chi connectivity index (χ3n) is 3.39. The summed E-state index contributed by atoms with van der Waals surface area (Å²) < 4.78 is 5.20. The van der Waals surface area contributed by atoms with Crippen LogP contribution in [-0.2, 0) is 0 Å². The van der Waals surface area contributed by atoms with Crippen molar-refractivity contribution in [3.8, 4) is 5.75 Å². The van der Waals surface area contributed by atoms with Gasteiger partial charge in [0.2, 0.25) is 5.95 Å². The Morgan fingerprint density at radius 3 is 2.77 bits per heavy atom. The van der Waals surface area contributed by atoms with Crippen LogP contribution in [0.25, 0.3) is 10.9 Å². The topological polar surface area (TPSA) is 93.3 Å². The molecule has 0 amide bonds. The number of methoxy groups -OCH3 is 1. The zero-order valence-electron chi connectivity index (χ0n) is 13.0. The number of ether oxygens (including phenoxy) is 1. The van der Waals surface area contributed by atoms with E-state index in [1.54, 1.807) is 7.11 Å². The van der Waals surface area contributed by atoms with Gasteiger partial charge in [-0.1, -0.05) is 19.8 Å². The van der Waals surface area contributed by atoms with Gasteiger partial charge in [0.05, 0.1) is 25.3 Å². The zero-order chi connectivity index (χ0) is 15.2. The number of nitrogens with two attached hydrogens (primary N) is 1. The Hall–Kier alpha value is -1.73. The molecule has 0 aliphatic heterocycles. The first-order valence-electron chi connectivity index (χ1n) is 7.16. The number of anilines is 2. The Morgan fingerprint density at radius 1 is 1.36 bits per heavy atom. The highest BCUT2D eigenvalue weighted by atomic mass is 32.1. The van der Waals surface area contributed by atoms with E-state index < -0.39 is 0 Å². The number of hydrogen-bond donors (Lipinski definition) is 3. The largest absolute Gasteiger partial charge is 0.497 e. The second kappa shape index (κ2) is 8.65. The van der Waals surface area contributed by atoms with Crippen molar-refractivity contribution in [1.29, 1.82) is 0 Å². The molecule has 122 valence electrons. The average Bonchev–Trinajstić information content (AvgIpc) is 2.50. The molecule has 6 nitrogen and oxygen atoms in total. The van der Waals surface area contributed by atoms with E-state index in [-0.39, 0.29) is 32.1 Å². The molecule has 0 aliphatic rings. The lowest BCUT2D eigenvalue weighted by Crippen LogP contribution is -2.24. The Labute approximate surface area is 137 Å². The maximum Gasteiger partial charge on any atom is 0.222 e. The minimum atomic E-state index is -0.0375. The number of hydrogen-bond acceptors (Lipinski definition) is 6. The van der Waals surface area contributed by atoms with Gasteiger partial charge in [-0.15, -0.1) is 0 Å². The van der Waals surface area contributed by atoms with Gasteiger partial charge in [-0.25, -0.2) is 4.98 Å². The van der Waals surface area contributed by atoms with Crippen LogP contribution in [0.2, 0.25) is 0 Å². The predicted octanol–water partition coefficient (Wildman–Crippen LogP) is 2.30. The van der Waals surface area contributed by atoms with Crippen molar-refractivity contribution in [3.63, 3.8) is 0 Å². The van der Waals surface area contributed by atoms with Gasteiger partial charge >= 0.3 is 0 Å². The maximum atomic E-state index is 9.48. The first kappa shape index (κ1) is 18.3. The fourth-order valence-corrected chi connectivity index (χ4v) is 2.22. The minimum Gasteiger partial charge on any atom is -0.497 e. The van der Waals surface area contributed by atoms with Crippen LogP contribution in [-0.4, -0.2) is 34.8 Å². The van der Waals surface area contributed by atoms with E-state index in [4.69, 9.17) is 10.5 Å². The van der Waals surface area contributed by atoms with Crippen molar-refractivity contribution in [2.24, 2.45) is 0 Å². The fourth-order valence-electron chi connectivity index (χ4n) is 2.22.